The van der Waals surface area contributed by atoms with Gasteiger partial charge in [0.25, 0.3) is 0 Å². The standard InChI is InChI=1S/C12H15NO3/c13-12(11(14)15)7-6-10(8-12)16-9-4-2-1-3-5-9/h1-5,10H,6-8,13H2,(H,14,15). The van der Waals surface area contributed by atoms with Crippen LogP contribution in [0.5, 0.6) is 5.75 Å². The largest absolute Gasteiger partial charge is 0.490 e. The van der Waals surface area contributed by atoms with Gasteiger partial charge in [-0.2, -0.15) is 0 Å². The molecule has 4 heteroatoms. The van der Waals surface area contributed by atoms with E-state index in [0.29, 0.717) is 19.3 Å². The van der Waals surface area contributed by atoms with Crippen molar-refractivity contribution in [2.45, 2.75) is 30.9 Å². The van der Waals surface area contributed by atoms with E-state index in [4.69, 9.17) is 15.6 Å². The summed E-state index contributed by atoms with van der Waals surface area (Å²) in [6.07, 6.45) is 1.44. The number of ether oxygens (including phenoxy) is 1. The zero-order valence-corrected chi connectivity index (χ0v) is 8.93. The number of carbonyl (C=O) groups is 1. The first-order valence-corrected chi connectivity index (χ1v) is 5.34. The molecule has 16 heavy (non-hydrogen) atoms. The number of hydrogen-bond donors (Lipinski definition) is 2. The first-order chi connectivity index (χ1) is 7.60. The number of aliphatic carboxylic acids is 1. The van der Waals surface area contributed by atoms with Crippen molar-refractivity contribution in [1.82, 2.24) is 0 Å². The lowest BCUT2D eigenvalue weighted by atomic mass is 10.00. The van der Waals surface area contributed by atoms with Gasteiger partial charge in [-0.05, 0) is 25.0 Å². The number of carboxylic acid groups (broad SMARTS) is 1. The highest BCUT2D eigenvalue weighted by atomic mass is 16.5. The molecule has 0 aliphatic heterocycles. The lowest BCUT2D eigenvalue weighted by molar-refractivity contribution is -0.143. The smallest absolute Gasteiger partial charge is 0.323 e. The molecule has 1 saturated carbocycles. The lowest BCUT2D eigenvalue weighted by Crippen LogP contribution is -2.46. The molecule has 0 aromatic heterocycles. The third-order valence-electron chi connectivity index (χ3n) is 2.98. The summed E-state index contributed by atoms with van der Waals surface area (Å²) in [6, 6.07) is 9.40. The van der Waals surface area contributed by atoms with Crippen molar-refractivity contribution in [3.63, 3.8) is 0 Å². The fourth-order valence-electron chi connectivity index (χ4n) is 2.02. The minimum absolute atomic E-state index is 0.0940. The summed E-state index contributed by atoms with van der Waals surface area (Å²) in [5, 5.41) is 8.98. The summed E-state index contributed by atoms with van der Waals surface area (Å²) in [5.41, 5.74) is 4.65. The van der Waals surface area contributed by atoms with Crippen molar-refractivity contribution in [3.05, 3.63) is 30.3 Å². The van der Waals surface area contributed by atoms with E-state index >= 15 is 0 Å². The van der Waals surface area contributed by atoms with E-state index in [0.717, 1.165) is 5.75 Å². The molecule has 0 radical (unpaired) electrons. The maximum absolute atomic E-state index is 10.9. The van der Waals surface area contributed by atoms with Crippen molar-refractivity contribution in [3.8, 4) is 5.75 Å². The van der Waals surface area contributed by atoms with Crippen LogP contribution >= 0.6 is 0 Å². The van der Waals surface area contributed by atoms with Crippen molar-refractivity contribution in [2.75, 3.05) is 0 Å². The first-order valence-electron chi connectivity index (χ1n) is 5.34. The number of para-hydroxylation sites is 1. The molecule has 4 nitrogen and oxygen atoms in total. The Labute approximate surface area is 94.0 Å². The third kappa shape index (κ3) is 2.17. The molecule has 1 fully saturated rings. The Balaban J connectivity index is 1.98. The van der Waals surface area contributed by atoms with Gasteiger partial charge in [0.05, 0.1) is 0 Å². The van der Waals surface area contributed by atoms with Gasteiger partial charge in [0.15, 0.2) is 0 Å². The van der Waals surface area contributed by atoms with Crippen LogP contribution in [0.15, 0.2) is 30.3 Å². The van der Waals surface area contributed by atoms with Crippen molar-refractivity contribution >= 4 is 5.97 Å². The molecule has 0 heterocycles. The average Bonchev–Trinajstić information content (AvgIpc) is 2.63. The highest BCUT2D eigenvalue weighted by Gasteiger charge is 2.43. The summed E-state index contributed by atoms with van der Waals surface area (Å²) in [5.74, 6) is -0.172. The predicted octanol–water partition coefficient (Wildman–Crippen LogP) is 1.40. The van der Waals surface area contributed by atoms with Crippen LogP contribution in [-0.4, -0.2) is 22.7 Å². The minimum Gasteiger partial charge on any atom is -0.490 e. The van der Waals surface area contributed by atoms with E-state index < -0.39 is 11.5 Å². The number of nitrogens with two attached hydrogens (primary N) is 1. The van der Waals surface area contributed by atoms with Gasteiger partial charge in [-0.1, -0.05) is 18.2 Å². The fraction of sp³-hybridized carbons (Fsp3) is 0.417. The normalized spacial score (nSPS) is 28.9. The molecule has 2 rings (SSSR count). The van der Waals surface area contributed by atoms with Crippen LogP contribution in [-0.2, 0) is 4.79 Å². The van der Waals surface area contributed by atoms with Crippen LogP contribution in [0.1, 0.15) is 19.3 Å². The summed E-state index contributed by atoms with van der Waals surface area (Å²) in [7, 11) is 0. The molecular weight excluding hydrogens is 206 g/mol. The number of hydrogen-bond acceptors (Lipinski definition) is 3. The molecule has 1 aliphatic carbocycles. The molecule has 86 valence electrons. The molecule has 1 aromatic rings. The average molecular weight is 221 g/mol. The molecule has 0 saturated heterocycles. The number of benzene rings is 1. The van der Waals surface area contributed by atoms with Gasteiger partial charge in [-0.15, -0.1) is 0 Å². The van der Waals surface area contributed by atoms with E-state index in [1.54, 1.807) is 0 Å². The van der Waals surface area contributed by atoms with Gasteiger partial charge in [0.1, 0.15) is 17.4 Å². The Morgan fingerprint density at radius 1 is 1.44 bits per heavy atom. The Morgan fingerprint density at radius 2 is 2.12 bits per heavy atom. The molecule has 2 atom stereocenters. The highest BCUT2D eigenvalue weighted by molar-refractivity contribution is 5.79. The molecule has 1 aliphatic rings. The van der Waals surface area contributed by atoms with E-state index in [2.05, 4.69) is 0 Å². The molecular formula is C12H15NO3. The van der Waals surface area contributed by atoms with Crippen molar-refractivity contribution in [2.24, 2.45) is 5.73 Å². The number of rotatable bonds is 3. The zero-order valence-electron chi connectivity index (χ0n) is 8.93. The molecule has 0 amide bonds. The Bertz CT molecular complexity index is 379. The molecule has 3 N–H and O–H groups in total. The summed E-state index contributed by atoms with van der Waals surface area (Å²) >= 11 is 0. The molecule has 1 aromatic carbocycles. The number of carboxylic acids is 1. The molecule has 0 spiro atoms. The van der Waals surface area contributed by atoms with Gasteiger partial charge in [-0.3, -0.25) is 4.79 Å². The molecule has 0 bridgehead atoms. The zero-order chi connectivity index (χ0) is 11.6. The van der Waals surface area contributed by atoms with Crippen LogP contribution in [0.4, 0.5) is 0 Å². The third-order valence-corrected chi connectivity index (χ3v) is 2.98. The summed E-state index contributed by atoms with van der Waals surface area (Å²) < 4.78 is 5.68. The second-order valence-corrected chi connectivity index (χ2v) is 4.26. The van der Waals surface area contributed by atoms with Gasteiger partial charge in [0.2, 0.25) is 0 Å². The monoisotopic (exact) mass is 221 g/mol. The van der Waals surface area contributed by atoms with Crippen LogP contribution in [0, 0.1) is 0 Å². The van der Waals surface area contributed by atoms with Gasteiger partial charge in [0, 0.05) is 6.42 Å². The topological polar surface area (TPSA) is 72.6 Å². The quantitative estimate of drug-likeness (QED) is 0.809. The van der Waals surface area contributed by atoms with Gasteiger partial charge in [-0.25, -0.2) is 0 Å². The minimum atomic E-state index is -1.11. The van der Waals surface area contributed by atoms with E-state index in [-0.39, 0.29) is 6.10 Å². The van der Waals surface area contributed by atoms with E-state index in [1.807, 2.05) is 30.3 Å². The Hall–Kier alpha value is -1.55. The van der Waals surface area contributed by atoms with Gasteiger partial charge < -0.3 is 15.6 Å². The van der Waals surface area contributed by atoms with Crippen LogP contribution in [0.25, 0.3) is 0 Å². The van der Waals surface area contributed by atoms with Crippen molar-refractivity contribution < 1.29 is 14.6 Å². The van der Waals surface area contributed by atoms with E-state index in [1.165, 1.54) is 0 Å². The fourth-order valence-corrected chi connectivity index (χ4v) is 2.02. The lowest BCUT2D eigenvalue weighted by Gasteiger charge is -2.18. The SMILES string of the molecule is NC1(C(=O)O)CCC(Oc2ccccc2)C1. The highest BCUT2D eigenvalue weighted by Crippen LogP contribution is 2.31. The first kappa shape index (κ1) is 11.0. The van der Waals surface area contributed by atoms with Crippen molar-refractivity contribution in [1.29, 1.82) is 0 Å². The van der Waals surface area contributed by atoms with Crippen LogP contribution in [0.3, 0.4) is 0 Å². The van der Waals surface area contributed by atoms with E-state index in [9.17, 15) is 4.79 Å². The van der Waals surface area contributed by atoms with Crippen LogP contribution in [0.2, 0.25) is 0 Å². The second-order valence-electron chi connectivity index (χ2n) is 4.26. The summed E-state index contributed by atoms with van der Waals surface area (Å²) in [6.45, 7) is 0. The molecule has 2 unspecified atom stereocenters. The Kier molecular flexibility index (Phi) is 2.83. The summed E-state index contributed by atoms with van der Waals surface area (Å²) in [4.78, 5) is 10.9. The van der Waals surface area contributed by atoms with Crippen LogP contribution < -0.4 is 10.5 Å². The predicted molar refractivity (Wildman–Crippen MR) is 59.3 cm³/mol. The second kappa shape index (κ2) is 4.14. The Morgan fingerprint density at radius 3 is 2.69 bits per heavy atom. The maximum atomic E-state index is 10.9. The van der Waals surface area contributed by atoms with Gasteiger partial charge >= 0.3 is 5.97 Å². The maximum Gasteiger partial charge on any atom is 0.323 e.